The van der Waals surface area contributed by atoms with Gasteiger partial charge in [0.05, 0.1) is 51.3 Å². The van der Waals surface area contributed by atoms with Crippen LogP contribution >= 0.6 is 11.6 Å². The Morgan fingerprint density at radius 2 is 1.50 bits per heavy atom. The highest BCUT2D eigenvalue weighted by molar-refractivity contribution is 6.31. The fourth-order valence-electron chi connectivity index (χ4n) is 5.43. The van der Waals surface area contributed by atoms with Gasteiger partial charge in [0.15, 0.2) is 0 Å². The third kappa shape index (κ3) is 8.43. The van der Waals surface area contributed by atoms with E-state index in [0.717, 1.165) is 45.6 Å². The molecule has 3 unspecified atom stereocenters. The van der Waals surface area contributed by atoms with Crippen LogP contribution in [0.1, 0.15) is 59.3 Å². The zero-order valence-electron chi connectivity index (χ0n) is 24.1. The normalized spacial score (nSPS) is 18.6. The van der Waals surface area contributed by atoms with Crippen LogP contribution in [0, 0.1) is 0 Å². The third-order valence-electron chi connectivity index (χ3n) is 7.56. The molecule has 0 spiro atoms. The van der Waals surface area contributed by atoms with Crippen molar-refractivity contribution in [2.45, 2.75) is 64.3 Å². The first-order chi connectivity index (χ1) is 20.6. The first-order valence-corrected chi connectivity index (χ1v) is 15.1. The van der Waals surface area contributed by atoms with Crippen molar-refractivity contribution in [2.24, 2.45) is 0 Å². The quantitative estimate of drug-likeness (QED) is 0.173. The number of rotatable bonds is 13. The van der Waals surface area contributed by atoms with Crippen LogP contribution in [0.2, 0.25) is 5.02 Å². The summed E-state index contributed by atoms with van der Waals surface area (Å²) in [5.74, 6) is 0.848. The van der Waals surface area contributed by atoms with Gasteiger partial charge >= 0.3 is 0 Å². The molecule has 0 radical (unpaired) electrons. The van der Waals surface area contributed by atoms with Crippen molar-refractivity contribution in [1.29, 1.82) is 0 Å². The lowest BCUT2D eigenvalue weighted by Crippen LogP contribution is -2.36. The molecule has 1 fully saturated rings. The van der Waals surface area contributed by atoms with E-state index in [1.165, 1.54) is 0 Å². The van der Waals surface area contributed by atoms with E-state index in [0.29, 0.717) is 44.3 Å². The first kappa shape index (κ1) is 30.3. The fraction of sp³-hybridized carbons (Fsp3) is 0.333. The monoisotopic (exact) mass is 586 g/mol. The van der Waals surface area contributed by atoms with E-state index in [9.17, 15) is 5.11 Å². The van der Waals surface area contributed by atoms with E-state index in [1.54, 1.807) is 0 Å². The standard InChI is InChI=1S/C36H39ClO5/c1-2-40-31-15-13-26(14-16-31)17-29-18-34(30(22-38)19-35(29)37)36-21-32(41-24-28-11-7-4-8-12-28)20-33(42-36)25-39-23-27-9-5-3-6-10-27/h3-16,18-19,32-33,36,38H,2,17,20-25H2,1H3. The van der Waals surface area contributed by atoms with Crippen LogP contribution in [0.15, 0.2) is 97.1 Å². The minimum absolute atomic E-state index is 0.0222. The van der Waals surface area contributed by atoms with Crippen molar-refractivity contribution in [3.8, 4) is 5.75 Å². The van der Waals surface area contributed by atoms with Crippen LogP contribution in [0.3, 0.4) is 0 Å². The van der Waals surface area contributed by atoms with Crippen molar-refractivity contribution < 1.29 is 24.1 Å². The summed E-state index contributed by atoms with van der Waals surface area (Å²) in [5, 5.41) is 10.9. The van der Waals surface area contributed by atoms with E-state index < -0.39 is 0 Å². The summed E-state index contributed by atoms with van der Waals surface area (Å²) in [6.07, 6.45) is 1.64. The Morgan fingerprint density at radius 3 is 2.17 bits per heavy atom. The van der Waals surface area contributed by atoms with Gasteiger partial charge in [0.1, 0.15) is 5.75 Å². The van der Waals surface area contributed by atoms with Crippen LogP contribution in [-0.2, 0) is 40.5 Å². The van der Waals surface area contributed by atoms with Crippen LogP contribution < -0.4 is 4.74 Å². The second kappa shape index (κ2) is 15.3. The molecule has 6 heteroatoms. The molecular formula is C36H39ClO5. The molecule has 5 rings (SSSR count). The van der Waals surface area contributed by atoms with Crippen LogP contribution in [0.5, 0.6) is 5.75 Å². The molecule has 220 valence electrons. The highest BCUT2D eigenvalue weighted by atomic mass is 35.5. The molecule has 0 aromatic heterocycles. The maximum Gasteiger partial charge on any atom is 0.119 e. The molecule has 1 saturated heterocycles. The maximum absolute atomic E-state index is 10.3. The molecule has 0 aliphatic carbocycles. The molecule has 1 N–H and O–H groups in total. The molecule has 5 nitrogen and oxygen atoms in total. The highest BCUT2D eigenvalue weighted by Gasteiger charge is 2.33. The van der Waals surface area contributed by atoms with Gasteiger partial charge < -0.3 is 24.1 Å². The van der Waals surface area contributed by atoms with E-state index in [1.807, 2.05) is 61.5 Å². The van der Waals surface area contributed by atoms with Gasteiger partial charge in [-0.15, -0.1) is 0 Å². The third-order valence-corrected chi connectivity index (χ3v) is 7.91. The molecule has 0 amide bonds. The Labute approximate surface area is 254 Å². The Bertz CT molecular complexity index is 1380. The average molecular weight is 587 g/mol. The van der Waals surface area contributed by atoms with Crippen LogP contribution in [-0.4, -0.2) is 30.5 Å². The molecule has 4 aromatic carbocycles. The van der Waals surface area contributed by atoms with Crippen molar-refractivity contribution in [3.05, 3.63) is 135 Å². The Kier molecular flexibility index (Phi) is 11.0. The molecule has 1 heterocycles. The minimum Gasteiger partial charge on any atom is -0.494 e. The van der Waals surface area contributed by atoms with E-state index in [4.69, 9.17) is 30.5 Å². The molecule has 0 saturated carbocycles. The minimum atomic E-state index is -0.261. The fourth-order valence-corrected chi connectivity index (χ4v) is 5.68. The molecule has 0 bridgehead atoms. The summed E-state index contributed by atoms with van der Waals surface area (Å²) in [6.45, 7) is 4.00. The average Bonchev–Trinajstić information content (AvgIpc) is 3.03. The smallest absolute Gasteiger partial charge is 0.119 e. The number of hydrogen-bond donors (Lipinski definition) is 1. The summed E-state index contributed by atoms with van der Waals surface area (Å²) >= 11 is 6.73. The van der Waals surface area contributed by atoms with Gasteiger partial charge in [0.25, 0.3) is 0 Å². The van der Waals surface area contributed by atoms with Gasteiger partial charge in [-0.3, -0.25) is 0 Å². The second-order valence-corrected chi connectivity index (χ2v) is 11.1. The van der Waals surface area contributed by atoms with Crippen molar-refractivity contribution in [3.63, 3.8) is 0 Å². The van der Waals surface area contributed by atoms with Gasteiger partial charge in [-0.2, -0.15) is 0 Å². The number of halogens is 1. The van der Waals surface area contributed by atoms with E-state index in [2.05, 4.69) is 42.5 Å². The molecule has 42 heavy (non-hydrogen) atoms. The van der Waals surface area contributed by atoms with Gasteiger partial charge in [-0.25, -0.2) is 0 Å². The lowest BCUT2D eigenvalue weighted by atomic mass is 9.90. The lowest BCUT2D eigenvalue weighted by molar-refractivity contribution is -0.142. The zero-order valence-corrected chi connectivity index (χ0v) is 24.8. The summed E-state index contributed by atoms with van der Waals surface area (Å²) < 4.78 is 24.8. The van der Waals surface area contributed by atoms with Crippen molar-refractivity contribution in [2.75, 3.05) is 13.2 Å². The summed E-state index contributed by atoms with van der Waals surface area (Å²) in [5.41, 5.74) is 6.10. The zero-order chi connectivity index (χ0) is 29.1. The number of hydrogen-bond acceptors (Lipinski definition) is 5. The van der Waals surface area contributed by atoms with Gasteiger partial charge in [-0.05, 0) is 64.9 Å². The molecule has 3 atom stereocenters. The summed E-state index contributed by atoms with van der Waals surface area (Å²) in [6, 6.07) is 32.4. The highest BCUT2D eigenvalue weighted by Crippen LogP contribution is 2.38. The number of aliphatic hydroxyl groups excluding tert-OH is 1. The van der Waals surface area contributed by atoms with Gasteiger partial charge in [0.2, 0.25) is 0 Å². The van der Waals surface area contributed by atoms with Gasteiger partial charge in [-0.1, -0.05) is 90.5 Å². The van der Waals surface area contributed by atoms with Crippen LogP contribution in [0.4, 0.5) is 0 Å². The van der Waals surface area contributed by atoms with E-state index >= 15 is 0 Å². The summed E-state index contributed by atoms with van der Waals surface area (Å²) in [7, 11) is 0. The largest absolute Gasteiger partial charge is 0.494 e. The predicted octanol–water partition coefficient (Wildman–Crippen LogP) is 7.84. The topological polar surface area (TPSA) is 57.2 Å². The molecule has 1 aliphatic rings. The Hall–Kier alpha value is -3.19. The SMILES string of the molecule is CCOc1ccc(Cc2cc(C3CC(OCc4ccccc4)CC(COCc4ccccc4)O3)c(CO)cc2Cl)cc1. The van der Waals surface area contributed by atoms with Crippen molar-refractivity contribution in [1.82, 2.24) is 0 Å². The second-order valence-electron chi connectivity index (χ2n) is 10.7. The summed E-state index contributed by atoms with van der Waals surface area (Å²) in [4.78, 5) is 0. The number of benzene rings is 4. The number of ether oxygens (including phenoxy) is 4. The Balaban J connectivity index is 1.34. The first-order valence-electron chi connectivity index (χ1n) is 14.7. The lowest BCUT2D eigenvalue weighted by Gasteiger charge is -2.36. The molecule has 4 aromatic rings. The predicted molar refractivity (Wildman–Crippen MR) is 166 cm³/mol. The van der Waals surface area contributed by atoms with E-state index in [-0.39, 0.29) is 24.9 Å². The Morgan fingerprint density at radius 1 is 0.810 bits per heavy atom. The van der Waals surface area contributed by atoms with Gasteiger partial charge in [0, 0.05) is 17.9 Å². The van der Waals surface area contributed by atoms with Crippen molar-refractivity contribution >= 4 is 11.6 Å². The molecule has 1 aliphatic heterocycles. The maximum atomic E-state index is 10.3. The van der Waals surface area contributed by atoms with Crippen LogP contribution in [0.25, 0.3) is 0 Å². The molecular weight excluding hydrogens is 548 g/mol. The number of aliphatic hydroxyl groups is 1.